The predicted octanol–water partition coefficient (Wildman–Crippen LogP) is 6.19. The van der Waals surface area contributed by atoms with Crippen LogP contribution in [0.3, 0.4) is 0 Å². The van der Waals surface area contributed by atoms with E-state index < -0.39 is 5.82 Å². The topological polar surface area (TPSA) is 67.1 Å². The molecule has 0 amide bonds. The van der Waals surface area contributed by atoms with E-state index in [4.69, 9.17) is 0 Å². The van der Waals surface area contributed by atoms with E-state index in [9.17, 15) is 4.39 Å². The van der Waals surface area contributed by atoms with Crippen molar-refractivity contribution < 1.29 is 4.39 Å². The summed E-state index contributed by atoms with van der Waals surface area (Å²) in [5.41, 5.74) is 5.06. The van der Waals surface area contributed by atoms with E-state index in [1.54, 1.807) is 6.20 Å². The van der Waals surface area contributed by atoms with Gasteiger partial charge in [0, 0.05) is 17.4 Å². The number of rotatable bonds is 6. The van der Waals surface area contributed by atoms with Gasteiger partial charge in [0.2, 0.25) is 5.95 Å². The maximum atomic E-state index is 14.8. The molecule has 3 aromatic heterocycles. The molecule has 0 spiro atoms. The van der Waals surface area contributed by atoms with Crippen LogP contribution >= 0.6 is 0 Å². The molecule has 1 aromatic carbocycles. The van der Waals surface area contributed by atoms with E-state index in [0.717, 1.165) is 16.9 Å². The molecule has 2 N–H and O–H groups in total. The van der Waals surface area contributed by atoms with Gasteiger partial charge in [-0.25, -0.2) is 19.3 Å². The first-order valence-corrected chi connectivity index (χ1v) is 11.4. The van der Waals surface area contributed by atoms with Gasteiger partial charge in [-0.2, -0.15) is 0 Å². The molecule has 1 saturated carbocycles. The lowest BCUT2D eigenvalue weighted by Gasteiger charge is -2.23. The molecule has 0 aliphatic heterocycles. The van der Waals surface area contributed by atoms with Crippen molar-refractivity contribution in [3.05, 3.63) is 71.9 Å². The van der Waals surface area contributed by atoms with Gasteiger partial charge in [0.25, 0.3) is 0 Å². The number of anilines is 2. The quantitative estimate of drug-likeness (QED) is 0.371. The van der Waals surface area contributed by atoms with Gasteiger partial charge in [0.1, 0.15) is 11.3 Å². The molecule has 7 heteroatoms. The SMILES string of the molecule is C[C@H](Nc1ncc(F)c(-c2cnc3c(C4CC4)cccn23)n1)c1cccc(NC(C)(C)C)c1. The van der Waals surface area contributed by atoms with Crippen LogP contribution in [-0.4, -0.2) is 24.9 Å². The van der Waals surface area contributed by atoms with Gasteiger partial charge in [-0.1, -0.05) is 18.2 Å². The molecule has 1 fully saturated rings. The average molecular weight is 445 g/mol. The molecule has 170 valence electrons. The summed E-state index contributed by atoms with van der Waals surface area (Å²) in [7, 11) is 0. The highest BCUT2D eigenvalue weighted by Crippen LogP contribution is 2.42. The van der Waals surface area contributed by atoms with E-state index in [2.05, 4.69) is 70.6 Å². The molecule has 0 bridgehead atoms. The number of hydrogen-bond acceptors (Lipinski definition) is 5. The summed E-state index contributed by atoms with van der Waals surface area (Å²) < 4.78 is 16.7. The van der Waals surface area contributed by atoms with Crippen molar-refractivity contribution in [1.29, 1.82) is 0 Å². The lowest BCUT2D eigenvalue weighted by atomic mass is 10.1. The Hall–Kier alpha value is -3.48. The van der Waals surface area contributed by atoms with Gasteiger partial charge in [-0.05, 0) is 75.8 Å². The van der Waals surface area contributed by atoms with Crippen molar-refractivity contribution in [3.63, 3.8) is 0 Å². The Morgan fingerprint density at radius 3 is 2.67 bits per heavy atom. The Bertz CT molecular complexity index is 1300. The van der Waals surface area contributed by atoms with Crippen LogP contribution in [0.5, 0.6) is 0 Å². The Morgan fingerprint density at radius 2 is 1.91 bits per heavy atom. The number of benzene rings is 1. The van der Waals surface area contributed by atoms with E-state index >= 15 is 0 Å². The lowest BCUT2D eigenvalue weighted by Crippen LogP contribution is -2.26. The molecule has 0 saturated heterocycles. The van der Waals surface area contributed by atoms with Gasteiger partial charge in [-0.3, -0.25) is 4.40 Å². The normalized spacial score (nSPS) is 14.9. The summed E-state index contributed by atoms with van der Waals surface area (Å²) in [6.45, 7) is 8.42. The third-order valence-corrected chi connectivity index (χ3v) is 5.82. The fourth-order valence-corrected chi connectivity index (χ4v) is 4.13. The molecule has 33 heavy (non-hydrogen) atoms. The Morgan fingerprint density at radius 1 is 1.09 bits per heavy atom. The Kier molecular flexibility index (Phi) is 5.27. The largest absolute Gasteiger partial charge is 0.380 e. The van der Waals surface area contributed by atoms with E-state index in [1.807, 2.05) is 29.7 Å². The second-order valence-electron chi connectivity index (χ2n) is 9.83. The lowest BCUT2D eigenvalue weighted by molar-refractivity contribution is 0.617. The smallest absolute Gasteiger partial charge is 0.223 e. The highest BCUT2D eigenvalue weighted by atomic mass is 19.1. The number of aromatic nitrogens is 4. The van der Waals surface area contributed by atoms with Crippen LogP contribution in [0.4, 0.5) is 16.0 Å². The van der Waals surface area contributed by atoms with Crippen LogP contribution < -0.4 is 10.6 Å². The molecular weight excluding hydrogens is 415 g/mol. The third-order valence-electron chi connectivity index (χ3n) is 5.82. The molecule has 1 aliphatic carbocycles. The summed E-state index contributed by atoms with van der Waals surface area (Å²) in [6.07, 6.45) is 7.19. The van der Waals surface area contributed by atoms with Crippen LogP contribution in [-0.2, 0) is 0 Å². The van der Waals surface area contributed by atoms with Crippen LogP contribution in [0.25, 0.3) is 17.0 Å². The van der Waals surface area contributed by atoms with Crippen LogP contribution in [0, 0.1) is 5.82 Å². The summed E-state index contributed by atoms with van der Waals surface area (Å²) in [5.74, 6) is 0.463. The van der Waals surface area contributed by atoms with Gasteiger partial charge in [0.05, 0.1) is 24.1 Å². The first-order valence-electron chi connectivity index (χ1n) is 11.4. The monoisotopic (exact) mass is 444 g/mol. The molecule has 3 heterocycles. The molecular formula is C26H29FN6. The number of hydrogen-bond donors (Lipinski definition) is 2. The Balaban J connectivity index is 1.43. The number of fused-ring (bicyclic) bond motifs is 1. The van der Waals surface area contributed by atoms with E-state index in [1.165, 1.54) is 24.6 Å². The van der Waals surface area contributed by atoms with Crippen LogP contribution in [0.15, 0.2) is 55.0 Å². The zero-order chi connectivity index (χ0) is 23.2. The molecule has 0 unspecified atom stereocenters. The second kappa shape index (κ2) is 8.14. The van der Waals surface area contributed by atoms with E-state index in [-0.39, 0.29) is 17.3 Å². The zero-order valence-electron chi connectivity index (χ0n) is 19.4. The number of pyridine rings is 1. The maximum absolute atomic E-state index is 14.8. The molecule has 1 atom stereocenters. The number of halogens is 1. The molecule has 4 aromatic rings. The van der Waals surface area contributed by atoms with Crippen molar-refractivity contribution in [1.82, 2.24) is 19.4 Å². The van der Waals surface area contributed by atoms with Gasteiger partial charge in [-0.15, -0.1) is 0 Å². The summed E-state index contributed by atoms with van der Waals surface area (Å²) >= 11 is 0. The molecule has 6 nitrogen and oxygen atoms in total. The fourth-order valence-electron chi connectivity index (χ4n) is 4.13. The number of nitrogens with one attached hydrogen (secondary N) is 2. The van der Waals surface area contributed by atoms with Crippen molar-refractivity contribution in [2.24, 2.45) is 0 Å². The third kappa shape index (κ3) is 4.53. The minimum absolute atomic E-state index is 0.0301. The van der Waals surface area contributed by atoms with Crippen LogP contribution in [0.1, 0.15) is 63.6 Å². The number of imidazole rings is 1. The standard InChI is InChI=1S/C26H29FN6/c1-16(18-7-5-8-19(13-18)32-26(2,3)4)30-25-29-14-21(27)23(31-25)22-15-28-24-20(17-10-11-17)9-6-12-33(22)24/h5-9,12-17,32H,10-11H2,1-4H3,(H,29,30,31)/t16-/m0/s1. The van der Waals surface area contributed by atoms with Crippen molar-refractivity contribution in [2.75, 3.05) is 10.6 Å². The van der Waals surface area contributed by atoms with Crippen molar-refractivity contribution in [3.8, 4) is 11.4 Å². The average Bonchev–Trinajstić information content (AvgIpc) is 3.52. The van der Waals surface area contributed by atoms with Gasteiger partial charge in [0.15, 0.2) is 5.82 Å². The summed E-state index contributed by atoms with van der Waals surface area (Å²) in [4.78, 5) is 13.3. The first-order chi connectivity index (χ1) is 15.8. The van der Waals surface area contributed by atoms with Gasteiger partial charge < -0.3 is 10.6 Å². The second-order valence-corrected chi connectivity index (χ2v) is 9.83. The van der Waals surface area contributed by atoms with E-state index in [0.29, 0.717) is 17.6 Å². The summed E-state index contributed by atoms with van der Waals surface area (Å²) in [5, 5.41) is 6.81. The highest BCUT2D eigenvalue weighted by Gasteiger charge is 2.27. The first kappa shape index (κ1) is 21.4. The molecule has 5 rings (SSSR count). The number of nitrogens with zero attached hydrogens (tertiary/aromatic N) is 4. The minimum atomic E-state index is -0.469. The fraction of sp³-hybridized carbons (Fsp3) is 0.346. The molecule has 0 radical (unpaired) electrons. The molecule has 1 aliphatic rings. The van der Waals surface area contributed by atoms with Gasteiger partial charge >= 0.3 is 0 Å². The maximum Gasteiger partial charge on any atom is 0.223 e. The van der Waals surface area contributed by atoms with Crippen molar-refractivity contribution in [2.45, 2.75) is 58.0 Å². The zero-order valence-corrected chi connectivity index (χ0v) is 19.4. The van der Waals surface area contributed by atoms with Crippen molar-refractivity contribution >= 4 is 17.3 Å². The minimum Gasteiger partial charge on any atom is -0.380 e. The predicted molar refractivity (Wildman–Crippen MR) is 130 cm³/mol. The highest BCUT2D eigenvalue weighted by molar-refractivity contribution is 5.64. The van der Waals surface area contributed by atoms with Crippen LogP contribution in [0.2, 0.25) is 0 Å². The Labute approximate surface area is 193 Å². The summed E-state index contributed by atoms with van der Waals surface area (Å²) in [6, 6.07) is 12.3.